The molecule has 0 aliphatic rings. The molecule has 0 saturated heterocycles. The summed E-state index contributed by atoms with van der Waals surface area (Å²) in [4.78, 5) is 26.6. The van der Waals surface area contributed by atoms with Gasteiger partial charge in [0, 0.05) is 17.4 Å². The van der Waals surface area contributed by atoms with E-state index in [0.29, 0.717) is 12.2 Å². The summed E-state index contributed by atoms with van der Waals surface area (Å²) in [5, 5.41) is 0.926. The molecule has 2 rings (SSSR count). The number of fused-ring (bicyclic) bond motifs is 1. The van der Waals surface area contributed by atoms with Crippen LogP contribution in [0.25, 0.3) is 10.9 Å². The van der Waals surface area contributed by atoms with E-state index in [-0.39, 0.29) is 6.54 Å². The van der Waals surface area contributed by atoms with Crippen molar-refractivity contribution in [3.63, 3.8) is 0 Å². The molecule has 0 N–H and O–H groups in total. The van der Waals surface area contributed by atoms with Crippen LogP contribution < -0.4 is 0 Å². The molecule has 1 aromatic carbocycles. The predicted molar refractivity (Wildman–Crippen MR) is 99.6 cm³/mol. The molecule has 132 valence electrons. The summed E-state index contributed by atoms with van der Waals surface area (Å²) in [6, 6.07) is 9.45. The van der Waals surface area contributed by atoms with Crippen LogP contribution in [0.2, 0.25) is 0 Å². The summed E-state index contributed by atoms with van der Waals surface area (Å²) in [6.07, 6.45) is 2.53. The van der Waals surface area contributed by atoms with E-state index in [4.69, 9.17) is 4.74 Å². The minimum atomic E-state index is -0.690. The fourth-order valence-corrected chi connectivity index (χ4v) is 2.54. The first-order valence-electron chi connectivity index (χ1n) is 8.13. The van der Waals surface area contributed by atoms with Crippen LogP contribution in [0.5, 0.6) is 0 Å². The van der Waals surface area contributed by atoms with Crippen molar-refractivity contribution in [1.82, 2.24) is 9.47 Å². The largest absolute Gasteiger partial charge is 0.443 e. The Bertz CT molecular complexity index is 812. The van der Waals surface area contributed by atoms with Crippen LogP contribution in [0.3, 0.4) is 0 Å². The molecule has 5 nitrogen and oxygen atoms in total. The van der Waals surface area contributed by atoms with Crippen molar-refractivity contribution in [3.8, 4) is 0 Å². The molecule has 5 heteroatoms. The van der Waals surface area contributed by atoms with Gasteiger partial charge in [-0.1, -0.05) is 30.4 Å². The van der Waals surface area contributed by atoms with E-state index in [1.54, 1.807) is 32.9 Å². The molecular weight excluding hydrogens is 316 g/mol. The quantitative estimate of drug-likeness (QED) is 0.759. The number of para-hydroxylation sites is 1. The number of rotatable bonds is 5. The van der Waals surface area contributed by atoms with Gasteiger partial charge in [0.05, 0.1) is 6.54 Å². The molecule has 0 aliphatic heterocycles. The Morgan fingerprint density at radius 2 is 1.88 bits per heavy atom. The zero-order valence-corrected chi connectivity index (χ0v) is 15.0. The van der Waals surface area contributed by atoms with Crippen LogP contribution in [0.15, 0.2) is 55.6 Å². The monoisotopic (exact) mass is 340 g/mol. The van der Waals surface area contributed by atoms with Crippen LogP contribution in [0.4, 0.5) is 4.79 Å². The zero-order valence-electron chi connectivity index (χ0n) is 15.0. The van der Waals surface area contributed by atoms with Crippen molar-refractivity contribution >= 4 is 22.9 Å². The van der Waals surface area contributed by atoms with Gasteiger partial charge < -0.3 is 9.30 Å². The molecular formula is C20H24N2O3. The van der Waals surface area contributed by atoms with Crippen LogP contribution in [-0.4, -0.2) is 33.6 Å². The maximum absolute atomic E-state index is 13.0. The van der Waals surface area contributed by atoms with E-state index in [2.05, 4.69) is 13.2 Å². The number of hydrogen-bond acceptors (Lipinski definition) is 3. The van der Waals surface area contributed by atoms with E-state index in [1.165, 1.54) is 6.08 Å². The Balaban J connectivity index is 2.46. The first-order valence-corrected chi connectivity index (χ1v) is 8.13. The lowest BCUT2D eigenvalue weighted by Crippen LogP contribution is -2.41. The van der Waals surface area contributed by atoms with Gasteiger partial charge >= 0.3 is 6.09 Å². The van der Waals surface area contributed by atoms with Crippen LogP contribution in [0, 0.1) is 0 Å². The average molecular weight is 340 g/mol. The van der Waals surface area contributed by atoms with E-state index >= 15 is 0 Å². The lowest BCUT2D eigenvalue weighted by molar-refractivity contribution is 0.0258. The number of ether oxygens (including phenoxy) is 1. The molecule has 0 atom stereocenters. The third kappa shape index (κ3) is 4.18. The van der Waals surface area contributed by atoms with E-state index in [0.717, 1.165) is 15.8 Å². The minimum Gasteiger partial charge on any atom is -0.443 e. The number of nitrogens with zero attached hydrogens (tertiary/aromatic N) is 2. The summed E-state index contributed by atoms with van der Waals surface area (Å²) in [5.74, 6) is -0.424. The fourth-order valence-electron chi connectivity index (χ4n) is 2.54. The van der Waals surface area contributed by atoms with Crippen molar-refractivity contribution in [2.24, 2.45) is 0 Å². The molecule has 1 aromatic heterocycles. The van der Waals surface area contributed by atoms with Crippen LogP contribution >= 0.6 is 0 Å². The van der Waals surface area contributed by atoms with Gasteiger partial charge in [0.2, 0.25) is 0 Å². The third-order valence-corrected chi connectivity index (χ3v) is 3.51. The smallest absolute Gasteiger partial charge is 0.417 e. The van der Waals surface area contributed by atoms with Gasteiger partial charge in [-0.15, -0.1) is 13.2 Å². The number of allylic oxidation sites excluding steroid dienone is 1. The highest BCUT2D eigenvalue weighted by Gasteiger charge is 2.29. The summed E-state index contributed by atoms with van der Waals surface area (Å²) in [6.45, 7) is 13.2. The SMILES string of the molecule is C=CCN(C(=O)OC(C)(C)C)C(=O)c1cc2ccccc2n1CC=C. The number of carbonyl (C=O) groups excluding carboxylic acids is 2. The van der Waals surface area contributed by atoms with Crippen molar-refractivity contribution in [3.05, 3.63) is 61.3 Å². The van der Waals surface area contributed by atoms with Crippen molar-refractivity contribution < 1.29 is 14.3 Å². The Morgan fingerprint density at radius 3 is 2.48 bits per heavy atom. The molecule has 0 unspecified atom stereocenters. The summed E-state index contributed by atoms with van der Waals surface area (Å²) in [5.41, 5.74) is 0.632. The highest BCUT2D eigenvalue weighted by Crippen LogP contribution is 2.22. The van der Waals surface area contributed by atoms with Crippen molar-refractivity contribution in [1.29, 1.82) is 0 Å². The van der Waals surface area contributed by atoms with E-state index < -0.39 is 17.6 Å². The fraction of sp³-hybridized carbons (Fsp3) is 0.300. The maximum atomic E-state index is 13.0. The van der Waals surface area contributed by atoms with E-state index in [1.807, 2.05) is 28.8 Å². The van der Waals surface area contributed by atoms with Gasteiger partial charge in [-0.25, -0.2) is 9.69 Å². The number of imide groups is 1. The molecule has 0 saturated carbocycles. The Kier molecular flexibility index (Phi) is 5.47. The average Bonchev–Trinajstić information content (AvgIpc) is 2.89. The highest BCUT2D eigenvalue weighted by atomic mass is 16.6. The standard InChI is InChI=1S/C20H24N2O3/c1-6-12-21-16-11-9-8-10-15(16)14-17(21)18(23)22(13-7-2)19(24)25-20(3,4)5/h6-11,14H,1-2,12-13H2,3-5H3. The zero-order chi connectivity index (χ0) is 18.6. The molecule has 2 aromatic rings. The molecule has 0 fully saturated rings. The van der Waals surface area contributed by atoms with Crippen LogP contribution in [-0.2, 0) is 11.3 Å². The van der Waals surface area contributed by atoms with Crippen molar-refractivity contribution in [2.75, 3.05) is 6.54 Å². The predicted octanol–water partition coefficient (Wildman–Crippen LogP) is 4.39. The number of benzene rings is 1. The number of hydrogen-bond donors (Lipinski definition) is 0. The highest BCUT2D eigenvalue weighted by molar-refractivity contribution is 6.05. The molecule has 2 amide bonds. The van der Waals surface area contributed by atoms with Gasteiger partial charge in [-0.05, 0) is 32.9 Å². The first-order chi connectivity index (χ1) is 11.8. The third-order valence-electron chi connectivity index (χ3n) is 3.51. The molecule has 0 spiro atoms. The number of aromatic nitrogens is 1. The van der Waals surface area contributed by atoms with Crippen LogP contribution in [0.1, 0.15) is 31.3 Å². The lowest BCUT2D eigenvalue weighted by Gasteiger charge is -2.25. The second-order valence-electron chi connectivity index (χ2n) is 6.67. The molecule has 0 radical (unpaired) electrons. The van der Waals surface area contributed by atoms with E-state index in [9.17, 15) is 9.59 Å². The summed E-state index contributed by atoms with van der Waals surface area (Å²) < 4.78 is 7.20. The summed E-state index contributed by atoms with van der Waals surface area (Å²) >= 11 is 0. The second-order valence-corrected chi connectivity index (χ2v) is 6.67. The van der Waals surface area contributed by atoms with Gasteiger partial charge in [-0.3, -0.25) is 4.79 Å². The Morgan fingerprint density at radius 1 is 1.20 bits per heavy atom. The van der Waals surface area contributed by atoms with Crippen molar-refractivity contribution in [2.45, 2.75) is 32.9 Å². The van der Waals surface area contributed by atoms with Gasteiger partial charge in [0.1, 0.15) is 11.3 Å². The molecule has 1 heterocycles. The topological polar surface area (TPSA) is 51.5 Å². The summed E-state index contributed by atoms with van der Waals surface area (Å²) in [7, 11) is 0. The van der Waals surface area contributed by atoms with Gasteiger partial charge in [-0.2, -0.15) is 0 Å². The second kappa shape index (κ2) is 7.38. The minimum absolute atomic E-state index is 0.0728. The van der Waals surface area contributed by atoms with Gasteiger partial charge in [0.15, 0.2) is 0 Å². The molecule has 25 heavy (non-hydrogen) atoms. The Hall–Kier alpha value is -2.82. The maximum Gasteiger partial charge on any atom is 0.417 e. The number of carbonyl (C=O) groups is 2. The normalized spacial score (nSPS) is 11.2. The molecule has 0 bridgehead atoms. The first kappa shape index (κ1) is 18.5. The lowest BCUT2D eigenvalue weighted by atomic mass is 10.2. The Labute approximate surface area is 148 Å². The number of amides is 2. The van der Waals surface area contributed by atoms with Gasteiger partial charge in [0.25, 0.3) is 5.91 Å². The molecule has 0 aliphatic carbocycles.